The first-order chi connectivity index (χ1) is 7.60. The average Bonchev–Trinajstić information content (AvgIpc) is 2.68. The third-order valence-corrected chi connectivity index (χ3v) is 3.88. The molecule has 0 bridgehead atoms. The quantitative estimate of drug-likeness (QED) is 0.650. The lowest BCUT2D eigenvalue weighted by Crippen LogP contribution is -2.25. The van der Waals surface area contributed by atoms with Crippen molar-refractivity contribution in [2.45, 2.75) is 11.4 Å². The zero-order valence-corrected chi connectivity index (χ0v) is 10.6. The van der Waals surface area contributed by atoms with Crippen molar-refractivity contribution in [3.8, 4) is 0 Å². The second kappa shape index (κ2) is 6.24. The van der Waals surface area contributed by atoms with Gasteiger partial charge in [-0.2, -0.15) is 16.9 Å². The number of sulfonamides is 1. The van der Waals surface area contributed by atoms with Crippen LogP contribution in [0.15, 0.2) is 17.3 Å². The first kappa shape index (κ1) is 13.5. The van der Waals surface area contributed by atoms with E-state index in [9.17, 15) is 8.42 Å². The molecule has 0 amide bonds. The van der Waals surface area contributed by atoms with Crippen molar-refractivity contribution < 1.29 is 13.5 Å². The molecule has 0 saturated carbocycles. The summed E-state index contributed by atoms with van der Waals surface area (Å²) in [6, 6.07) is 0. The fourth-order valence-corrected chi connectivity index (χ4v) is 2.49. The summed E-state index contributed by atoms with van der Waals surface area (Å²) in [5.41, 5.74) is 0. The van der Waals surface area contributed by atoms with E-state index in [1.165, 1.54) is 17.1 Å². The molecule has 6 nitrogen and oxygen atoms in total. The molecule has 8 heteroatoms. The van der Waals surface area contributed by atoms with Gasteiger partial charge in [0, 0.05) is 18.5 Å². The Morgan fingerprint density at radius 1 is 1.62 bits per heavy atom. The minimum Gasteiger partial charge on any atom is -0.394 e. The highest BCUT2D eigenvalue weighted by Crippen LogP contribution is 2.06. The van der Waals surface area contributed by atoms with Gasteiger partial charge in [-0.15, -0.1) is 0 Å². The number of thioether (sulfide) groups is 1. The maximum Gasteiger partial charge on any atom is 0.243 e. The normalized spacial score (nSPS) is 11.9. The third-order valence-electron chi connectivity index (χ3n) is 1.85. The van der Waals surface area contributed by atoms with Crippen molar-refractivity contribution >= 4 is 21.8 Å². The molecule has 0 atom stereocenters. The maximum atomic E-state index is 11.7. The van der Waals surface area contributed by atoms with Gasteiger partial charge in [0.05, 0.1) is 19.3 Å². The molecule has 1 heterocycles. The van der Waals surface area contributed by atoms with Crippen LogP contribution >= 0.6 is 11.8 Å². The van der Waals surface area contributed by atoms with Gasteiger partial charge in [0.25, 0.3) is 0 Å². The van der Waals surface area contributed by atoms with Crippen molar-refractivity contribution in [3.05, 3.63) is 12.4 Å². The number of aliphatic hydroxyl groups is 1. The fourth-order valence-electron chi connectivity index (χ4n) is 1.07. The molecule has 0 aliphatic carbocycles. The Kier molecular flexibility index (Phi) is 5.26. The molecule has 0 saturated heterocycles. The molecule has 0 radical (unpaired) electrons. The Bertz CT molecular complexity index is 416. The van der Waals surface area contributed by atoms with E-state index in [0.717, 1.165) is 5.75 Å². The largest absolute Gasteiger partial charge is 0.394 e. The fraction of sp³-hybridized carbons (Fsp3) is 0.625. The van der Waals surface area contributed by atoms with Crippen LogP contribution in [0, 0.1) is 0 Å². The summed E-state index contributed by atoms with van der Waals surface area (Å²) in [7, 11) is -3.46. The molecular formula is C8H15N3O3S2. The molecule has 16 heavy (non-hydrogen) atoms. The molecular weight excluding hydrogens is 250 g/mol. The van der Waals surface area contributed by atoms with Gasteiger partial charge in [0.2, 0.25) is 10.0 Å². The summed E-state index contributed by atoms with van der Waals surface area (Å²) in [5, 5.41) is 12.5. The van der Waals surface area contributed by atoms with E-state index in [1.54, 1.807) is 11.8 Å². The monoisotopic (exact) mass is 265 g/mol. The van der Waals surface area contributed by atoms with Crippen LogP contribution in [0.4, 0.5) is 0 Å². The molecule has 1 aromatic rings. The van der Waals surface area contributed by atoms with Gasteiger partial charge in [-0.25, -0.2) is 13.1 Å². The molecule has 2 N–H and O–H groups in total. The van der Waals surface area contributed by atoms with Crippen molar-refractivity contribution in [2.24, 2.45) is 0 Å². The Hall–Kier alpha value is -0.570. The molecule has 0 aliphatic rings. The number of nitrogens with zero attached hydrogens (tertiary/aromatic N) is 2. The molecule has 0 unspecified atom stereocenters. The van der Waals surface area contributed by atoms with Crippen molar-refractivity contribution in [1.29, 1.82) is 0 Å². The number of hydrogen-bond donors (Lipinski definition) is 2. The zero-order valence-electron chi connectivity index (χ0n) is 8.96. The lowest BCUT2D eigenvalue weighted by Gasteiger charge is -2.02. The number of aromatic nitrogens is 2. The number of nitrogens with one attached hydrogen (secondary N) is 1. The van der Waals surface area contributed by atoms with E-state index >= 15 is 0 Å². The van der Waals surface area contributed by atoms with Gasteiger partial charge in [-0.05, 0) is 6.26 Å². The van der Waals surface area contributed by atoms with Gasteiger partial charge in [0.15, 0.2) is 0 Å². The molecule has 1 rings (SSSR count). The predicted octanol–water partition coefficient (Wildman–Crippen LogP) is -0.483. The molecule has 1 aromatic heterocycles. The van der Waals surface area contributed by atoms with Crippen molar-refractivity contribution in [1.82, 2.24) is 14.5 Å². The highest BCUT2D eigenvalue weighted by Gasteiger charge is 2.15. The Labute approximate surface area is 99.1 Å². The van der Waals surface area contributed by atoms with Crippen LogP contribution in [-0.4, -0.2) is 48.5 Å². The second-order valence-electron chi connectivity index (χ2n) is 3.05. The molecule has 0 fully saturated rings. The van der Waals surface area contributed by atoms with E-state index in [1.807, 2.05) is 6.26 Å². The number of aliphatic hydroxyl groups excluding tert-OH is 1. The molecule has 0 aromatic carbocycles. The summed E-state index contributed by atoms with van der Waals surface area (Å²) in [4.78, 5) is 0.127. The Balaban J connectivity index is 2.66. The lowest BCUT2D eigenvalue weighted by atomic mass is 10.7. The summed E-state index contributed by atoms with van der Waals surface area (Å²) in [6.07, 6.45) is 4.59. The Morgan fingerprint density at radius 3 is 3.00 bits per heavy atom. The van der Waals surface area contributed by atoms with E-state index in [2.05, 4.69) is 9.82 Å². The SMILES string of the molecule is CSCCNS(=O)(=O)c1cnn(CCO)c1. The molecule has 0 aliphatic heterocycles. The number of hydrogen-bond acceptors (Lipinski definition) is 5. The van der Waals surface area contributed by atoms with Gasteiger partial charge >= 0.3 is 0 Å². The van der Waals surface area contributed by atoms with Gasteiger partial charge in [0.1, 0.15) is 4.90 Å². The average molecular weight is 265 g/mol. The van der Waals surface area contributed by atoms with Gasteiger partial charge in [-0.3, -0.25) is 4.68 Å². The summed E-state index contributed by atoms with van der Waals surface area (Å²) < 4.78 is 27.2. The minimum atomic E-state index is -3.46. The zero-order chi connectivity index (χ0) is 12.0. The van der Waals surface area contributed by atoms with E-state index < -0.39 is 10.0 Å². The summed E-state index contributed by atoms with van der Waals surface area (Å²) in [6.45, 7) is 0.621. The highest BCUT2D eigenvalue weighted by molar-refractivity contribution is 7.98. The lowest BCUT2D eigenvalue weighted by molar-refractivity contribution is 0.269. The minimum absolute atomic E-state index is 0.0684. The van der Waals surface area contributed by atoms with E-state index in [4.69, 9.17) is 5.11 Å². The van der Waals surface area contributed by atoms with Crippen LogP contribution in [0.25, 0.3) is 0 Å². The smallest absolute Gasteiger partial charge is 0.243 e. The Morgan fingerprint density at radius 2 is 2.38 bits per heavy atom. The topological polar surface area (TPSA) is 84.2 Å². The van der Waals surface area contributed by atoms with Crippen molar-refractivity contribution in [2.75, 3.05) is 25.2 Å². The predicted molar refractivity (Wildman–Crippen MR) is 62.9 cm³/mol. The molecule has 0 spiro atoms. The van der Waals surface area contributed by atoms with Gasteiger partial charge in [-0.1, -0.05) is 0 Å². The van der Waals surface area contributed by atoms with Crippen LogP contribution in [0.5, 0.6) is 0 Å². The van der Waals surface area contributed by atoms with Crippen LogP contribution in [0.1, 0.15) is 0 Å². The van der Waals surface area contributed by atoms with Crippen LogP contribution in [-0.2, 0) is 16.6 Å². The standard InChI is InChI=1S/C8H15N3O3S2/c1-15-5-2-10-16(13,14)8-6-9-11(7-8)3-4-12/h6-7,10,12H,2-5H2,1H3. The first-order valence-corrected chi connectivity index (χ1v) is 7.60. The van der Waals surface area contributed by atoms with Crippen LogP contribution < -0.4 is 4.72 Å². The van der Waals surface area contributed by atoms with Crippen LogP contribution in [0.3, 0.4) is 0 Å². The highest BCUT2D eigenvalue weighted by atomic mass is 32.2. The van der Waals surface area contributed by atoms with Crippen molar-refractivity contribution in [3.63, 3.8) is 0 Å². The first-order valence-electron chi connectivity index (χ1n) is 4.72. The summed E-state index contributed by atoms with van der Waals surface area (Å²) >= 11 is 1.57. The maximum absolute atomic E-state index is 11.7. The summed E-state index contributed by atoms with van der Waals surface area (Å²) in [5.74, 6) is 0.726. The van der Waals surface area contributed by atoms with E-state index in [-0.39, 0.29) is 11.5 Å². The number of rotatable bonds is 7. The second-order valence-corrected chi connectivity index (χ2v) is 5.81. The molecule has 92 valence electrons. The van der Waals surface area contributed by atoms with Gasteiger partial charge < -0.3 is 5.11 Å². The third kappa shape index (κ3) is 3.78. The van der Waals surface area contributed by atoms with E-state index in [0.29, 0.717) is 13.1 Å². The van der Waals surface area contributed by atoms with Crippen LogP contribution in [0.2, 0.25) is 0 Å².